The van der Waals surface area contributed by atoms with Crippen LogP contribution in [0.15, 0.2) is 11.0 Å². The van der Waals surface area contributed by atoms with Crippen LogP contribution in [0.5, 0.6) is 0 Å². The topological polar surface area (TPSA) is 104 Å². The van der Waals surface area contributed by atoms with Crippen molar-refractivity contribution < 1.29 is 5.11 Å². The molecule has 0 spiro atoms. The number of nitrogens with two attached hydrogens (primary N) is 1. The molecule has 72 valence electrons. The van der Waals surface area contributed by atoms with E-state index in [1.54, 1.807) is 6.92 Å². The molecule has 13 heavy (non-hydrogen) atoms. The summed E-state index contributed by atoms with van der Waals surface area (Å²) in [4.78, 5) is 17.1. The molecule has 6 heteroatoms. The van der Waals surface area contributed by atoms with Crippen LogP contribution in [-0.2, 0) is 0 Å². The third-order valence-corrected chi connectivity index (χ3v) is 1.52. The predicted octanol–water partition coefficient (Wildman–Crippen LogP) is -0.508. The molecule has 0 aliphatic carbocycles. The maximum Gasteiger partial charge on any atom is 0.275 e. The summed E-state index contributed by atoms with van der Waals surface area (Å²) in [6.45, 7) is 1.80. The summed E-state index contributed by atoms with van der Waals surface area (Å²) in [7, 11) is 0. The number of hydrogen-bond donors (Lipinski definition) is 4. The monoisotopic (exact) mass is 184 g/mol. The van der Waals surface area contributed by atoms with Crippen LogP contribution in [0.3, 0.4) is 0 Å². The third-order valence-electron chi connectivity index (χ3n) is 1.52. The second-order valence-corrected chi connectivity index (χ2v) is 2.58. The minimum Gasteiger partial charge on any atom is -0.393 e. The number of H-pyrrole nitrogens is 1. The molecular formula is C7H12N4O2. The number of nitrogens with one attached hydrogen (secondary N) is 2. The number of rotatable bonds is 3. The van der Waals surface area contributed by atoms with Gasteiger partial charge in [-0.3, -0.25) is 9.78 Å². The van der Waals surface area contributed by atoms with Gasteiger partial charge < -0.3 is 16.2 Å². The Morgan fingerprint density at radius 2 is 2.54 bits per heavy atom. The molecule has 0 amide bonds. The first-order valence-corrected chi connectivity index (χ1v) is 3.93. The molecule has 0 saturated heterocycles. The van der Waals surface area contributed by atoms with Crippen LogP contribution >= 0.6 is 0 Å². The van der Waals surface area contributed by atoms with Gasteiger partial charge >= 0.3 is 0 Å². The minimum absolute atomic E-state index is 0.0524. The van der Waals surface area contributed by atoms with Gasteiger partial charge in [0.25, 0.3) is 5.56 Å². The fraction of sp³-hybridized carbons (Fsp3) is 0.429. The Hall–Kier alpha value is -1.56. The quantitative estimate of drug-likeness (QED) is 0.474. The van der Waals surface area contributed by atoms with E-state index in [0.717, 1.165) is 0 Å². The van der Waals surface area contributed by atoms with Crippen molar-refractivity contribution in [1.82, 2.24) is 9.97 Å². The van der Waals surface area contributed by atoms with Crippen molar-refractivity contribution in [1.29, 1.82) is 0 Å². The van der Waals surface area contributed by atoms with Crippen LogP contribution in [0.2, 0.25) is 0 Å². The van der Waals surface area contributed by atoms with Gasteiger partial charge in [0, 0.05) is 0 Å². The van der Waals surface area contributed by atoms with E-state index in [1.807, 2.05) is 0 Å². The van der Waals surface area contributed by atoms with Gasteiger partial charge in [-0.2, -0.15) is 0 Å². The first kappa shape index (κ1) is 9.53. The second-order valence-electron chi connectivity index (χ2n) is 2.58. The lowest BCUT2D eigenvalue weighted by molar-refractivity contribution is 0.198. The van der Waals surface area contributed by atoms with Crippen LogP contribution < -0.4 is 16.6 Å². The van der Waals surface area contributed by atoms with E-state index in [0.29, 0.717) is 6.42 Å². The Balaban J connectivity index is 2.80. The lowest BCUT2D eigenvalue weighted by Crippen LogP contribution is -2.22. The lowest BCUT2D eigenvalue weighted by atomic mass is 10.4. The Morgan fingerprint density at radius 3 is 3.08 bits per heavy atom. The second kappa shape index (κ2) is 3.90. The molecule has 1 aromatic rings. The molecule has 1 aromatic heterocycles. The molecule has 0 radical (unpaired) electrons. The zero-order valence-electron chi connectivity index (χ0n) is 7.24. The van der Waals surface area contributed by atoms with Crippen LogP contribution in [0.25, 0.3) is 0 Å². The number of aliphatic hydroxyl groups is 1. The number of aromatic amines is 1. The van der Waals surface area contributed by atoms with Crippen LogP contribution in [0, 0.1) is 0 Å². The number of aromatic nitrogens is 2. The van der Waals surface area contributed by atoms with E-state index in [9.17, 15) is 4.79 Å². The highest BCUT2D eigenvalue weighted by Crippen LogP contribution is 1.98. The van der Waals surface area contributed by atoms with Gasteiger partial charge in [-0.05, 0) is 6.42 Å². The van der Waals surface area contributed by atoms with Crippen molar-refractivity contribution in [3.63, 3.8) is 0 Å². The molecule has 0 bridgehead atoms. The minimum atomic E-state index is -0.716. The Labute approximate surface area is 74.8 Å². The van der Waals surface area contributed by atoms with Crippen LogP contribution in [0.4, 0.5) is 11.6 Å². The molecule has 1 rings (SSSR count). The molecule has 0 aromatic carbocycles. The average molecular weight is 184 g/mol. The molecular weight excluding hydrogens is 172 g/mol. The fourth-order valence-electron chi connectivity index (χ4n) is 0.738. The summed E-state index contributed by atoms with van der Waals surface area (Å²) in [5, 5.41) is 11.8. The summed E-state index contributed by atoms with van der Waals surface area (Å²) in [5.74, 6) is 0.216. The number of nitrogens with zero attached hydrogens (tertiary/aromatic N) is 1. The maximum absolute atomic E-state index is 11.0. The van der Waals surface area contributed by atoms with Gasteiger partial charge in [0.15, 0.2) is 0 Å². The van der Waals surface area contributed by atoms with E-state index >= 15 is 0 Å². The van der Waals surface area contributed by atoms with Gasteiger partial charge in [0.1, 0.15) is 11.9 Å². The van der Waals surface area contributed by atoms with E-state index in [2.05, 4.69) is 15.3 Å². The zero-order valence-corrected chi connectivity index (χ0v) is 7.24. The van der Waals surface area contributed by atoms with E-state index in [1.165, 1.54) is 6.20 Å². The van der Waals surface area contributed by atoms with E-state index < -0.39 is 11.8 Å². The van der Waals surface area contributed by atoms with Crippen LogP contribution in [-0.4, -0.2) is 21.3 Å². The van der Waals surface area contributed by atoms with Crippen molar-refractivity contribution in [3.8, 4) is 0 Å². The van der Waals surface area contributed by atoms with Gasteiger partial charge in [-0.15, -0.1) is 0 Å². The van der Waals surface area contributed by atoms with Gasteiger partial charge in [-0.1, -0.05) is 6.92 Å². The first-order valence-electron chi connectivity index (χ1n) is 3.93. The smallest absolute Gasteiger partial charge is 0.275 e. The Morgan fingerprint density at radius 1 is 1.85 bits per heavy atom. The summed E-state index contributed by atoms with van der Waals surface area (Å²) >= 11 is 0. The first-order chi connectivity index (χ1) is 6.13. The van der Waals surface area contributed by atoms with Gasteiger partial charge in [0.05, 0.1) is 6.20 Å². The Bertz CT molecular complexity index is 336. The predicted molar refractivity (Wildman–Crippen MR) is 49.2 cm³/mol. The zero-order chi connectivity index (χ0) is 9.84. The summed E-state index contributed by atoms with van der Waals surface area (Å²) in [5.41, 5.74) is 4.89. The van der Waals surface area contributed by atoms with Crippen molar-refractivity contribution in [2.45, 2.75) is 19.6 Å². The van der Waals surface area contributed by atoms with Crippen molar-refractivity contribution in [3.05, 3.63) is 16.6 Å². The normalized spacial score (nSPS) is 12.5. The number of hydrogen-bond acceptors (Lipinski definition) is 5. The Kier molecular flexibility index (Phi) is 2.86. The molecule has 1 atom stereocenters. The number of aliphatic hydroxyl groups excluding tert-OH is 1. The number of nitrogen functional groups attached to an aromatic ring is 1. The van der Waals surface area contributed by atoms with Crippen molar-refractivity contribution in [2.75, 3.05) is 11.1 Å². The molecule has 6 nitrogen and oxygen atoms in total. The molecule has 1 unspecified atom stereocenters. The number of anilines is 2. The highest BCUT2D eigenvalue weighted by Gasteiger charge is 2.02. The lowest BCUT2D eigenvalue weighted by Gasteiger charge is -2.09. The molecule has 0 fully saturated rings. The maximum atomic E-state index is 11.0. The standard InChI is InChI=1S/C7H12N4O2/c1-2-5(12)10-7-9-3-4(8)6(13)11-7/h3,5,12H,2,8H2,1H3,(H2,9,10,11,13). The molecule has 0 aliphatic rings. The van der Waals surface area contributed by atoms with Crippen molar-refractivity contribution >= 4 is 11.6 Å². The summed E-state index contributed by atoms with van der Waals surface area (Å²) in [6.07, 6.45) is 1.05. The molecule has 0 saturated carbocycles. The van der Waals surface area contributed by atoms with Gasteiger partial charge in [-0.25, -0.2) is 4.98 Å². The molecule has 1 heterocycles. The largest absolute Gasteiger partial charge is 0.393 e. The fourth-order valence-corrected chi connectivity index (χ4v) is 0.738. The molecule has 0 aliphatic heterocycles. The van der Waals surface area contributed by atoms with Crippen LogP contribution in [0.1, 0.15) is 13.3 Å². The summed E-state index contributed by atoms with van der Waals surface area (Å²) < 4.78 is 0. The third kappa shape index (κ3) is 2.45. The average Bonchev–Trinajstić information content (AvgIpc) is 2.11. The summed E-state index contributed by atoms with van der Waals surface area (Å²) in [6, 6.07) is 0. The van der Waals surface area contributed by atoms with Gasteiger partial charge in [0.2, 0.25) is 5.95 Å². The highest BCUT2D eigenvalue weighted by molar-refractivity contribution is 5.36. The van der Waals surface area contributed by atoms with E-state index in [4.69, 9.17) is 10.8 Å². The highest BCUT2D eigenvalue weighted by atomic mass is 16.3. The SMILES string of the molecule is CCC(O)Nc1ncc(N)c(=O)[nH]1. The van der Waals surface area contributed by atoms with E-state index in [-0.39, 0.29) is 11.6 Å². The molecule has 5 N–H and O–H groups in total. The van der Waals surface area contributed by atoms with Crippen molar-refractivity contribution in [2.24, 2.45) is 0 Å².